The van der Waals surface area contributed by atoms with Crippen LogP contribution in [-0.2, 0) is 22.5 Å². The molecule has 0 aromatic heterocycles. The molecule has 1 aromatic carbocycles. The Morgan fingerprint density at radius 3 is 2.57 bits per heavy atom. The second-order valence-electron chi connectivity index (χ2n) is 13.3. The van der Waals surface area contributed by atoms with E-state index in [1.54, 1.807) is 11.0 Å². The van der Waals surface area contributed by atoms with Crippen LogP contribution in [0.15, 0.2) is 6.07 Å². The molecule has 2 fully saturated rings. The van der Waals surface area contributed by atoms with Crippen LogP contribution >= 0.6 is 0 Å². The minimum absolute atomic E-state index is 0.0901. The molecule has 204 valence electrons. The van der Waals surface area contributed by atoms with Gasteiger partial charge in [0.2, 0.25) is 0 Å². The number of hydrogen-bond donors (Lipinski definition) is 2. The fourth-order valence-electron chi connectivity index (χ4n) is 8.48. The molecule has 0 saturated heterocycles. The van der Waals surface area contributed by atoms with E-state index in [1.807, 2.05) is 13.8 Å². The summed E-state index contributed by atoms with van der Waals surface area (Å²) in [4.78, 5) is 27.8. The molecule has 37 heavy (non-hydrogen) atoms. The van der Waals surface area contributed by atoms with E-state index in [0.717, 1.165) is 36.8 Å². The molecule has 7 heteroatoms. The number of phenolic OH excluding ortho intramolecular Hbond substituents is 1. The van der Waals surface area contributed by atoms with Crippen molar-refractivity contribution in [2.24, 2.45) is 28.6 Å². The number of hydrogen-bond acceptors (Lipinski definition) is 6. The zero-order chi connectivity index (χ0) is 27.1. The Labute approximate surface area is 220 Å². The number of ether oxygens (including phenoxy) is 2. The lowest BCUT2D eigenvalue weighted by molar-refractivity contribution is -0.210. The lowest BCUT2D eigenvalue weighted by atomic mass is 9.43. The first kappa shape index (κ1) is 26.3. The number of phenols is 1. The Hall–Kier alpha value is -2.28. The number of aliphatic hydroxyl groups is 1. The van der Waals surface area contributed by atoms with Gasteiger partial charge in [0.05, 0.1) is 25.3 Å². The topological polar surface area (TPSA) is 96.3 Å². The summed E-state index contributed by atoms with van der Waals surface area (Å²) in [6, 6.07) is 0.888. The number of carbonyl (C=O) groups excluding carboxylic acids is 2. The van der Waals surface area contributed by atoms with Gasteiger partial charge in [0.1, 0.15) is 23.1 Å². The van der Waals surface area contributed by atoms with Crippen molar-refractivity contribution in [2.75, 3.05) is 7.11 Å². The molecule has 0 bridgehead atoms. The highest BCUT2D eigenvalue weighted by Gasteiger charge is 2.67. The third-order valence-electron chi connectivity index (χ3n) is 10.7. The minimum atomic E-state index is -0.686. The normalized spacial score (nSPS) is 34.7. The lowest BCUT2D eigenvalue weighted by Crippen LogP contribution is -2.66. The highest BCUT2D eigenvalue weighted by atomic mass is 16.5. The maximum Gasteiger partial charge on any atom is 0.328 e. The number of fused-ring (bicyclic) bond motifs is 5. The number of benzene rings is 1. The van der Waals surface area contributed by atoms with Crippen molar-refractivity contribution in [1.29, 1.82) is 0 Å². The quantitative estimate of drug-likeness (QED) is 0.559. The molecule has 2 heterocycles. The van der Waals surface area contributed by atoms with Gasteiger partial charge in [-0.15, -0.1) is 0 Å². The third kappa shape index (κ3) is 3.55. The molecule has 0 radical (unpaired) electrons. The van der Waals surface area contributed by atoms with Gasteiger partial charge in [-0.1, -0.05) is 41.5 Å². The summed E-state index contributed by atoms with van der Waals surface area (Å²) in [6.45, 7) is 13.2. The molecule has 4 aliphatic rings. The van der Waals surface area contributed by atoms with Crippen molar-refractivity contribution in [3.8, 4) is 11.5 Å². The van der Waals surface area contributed by atoms with E-state index < -0.39 is 17.6 Å². The van der Waals surface area contributed by atoms with Crippen LogP contribution in [0.3, 0.4) is 0 Å². The number of amides is 1. The third-order valence-corrected chi connectivity index (χ3v) is 10.7. The molecule has 2 aliphatic carbocycles. The molecule has 2 N–H and O–H groups in total. The van der Waals surface area contributed by atoms with E-state index in [4.69, 9.17) is 9.47 Å². The first-order chi connectivity index (χ1) is 17.3. The average molecular weight is 514 g/mol. The smallest absolute Gasteiger partial charge is 0.328 e. The van der Waals surface area contributed by atoms with E-state index in [0.29, 0.717) is 24.2 Å². The summed E-state index contributed by atoms with van der Waals surface area (Å²) in [5, 5.41) is 22.1. The molecule has 1 amide bonds. The monoisotopic (exact) mass is 513 g/mol. The molecule has 7 nitrogen and oxygen atoms in total. The summed E-state index contributed by atoms with van der Waals surface area (Å²) < 4.78 is 12.1. The van der Waals surface area contributed by atoms with Crippen LogP contribution in [-0.4, -0.2) is 51.8 Å². The van der Waals surface area contributed by atoms with Gasteiger partial charge in [-0.25, -0.2) is 4.79 Å². The number of carbonyl (C=O) groups is 2. The molecule has 2 aliphatic heterocycles. The summed E-state index contributed by atoms with van der Waals surface area (Å²) in [6.07, 6.45) is 4.34. The minimum Gasteiger partial charge on any atom is -0.508 e. The van der Waals surface area contributed by atoms with Gasteiger partial charge in [-0.3, -0.25) is 4.79 Å². The van der Waals surface area contributed by atoms with Crippen molar-refractivity contribution in [3.63, 3.8) is 0 Å². The van der Waals surface area contributed by atoms with Gasteiger partial charge in [0, 0.05) is 23.0 Å². The van der Waals surface area contributed by atoms with Crippen LogP contribution in [0, 0.1) is 28.6 Å². The number of rotatable bonds is 4. The number of aromatic hydroxyl groups is 1. The van der Waals surface area contributed by atoms with Gasteiger partial charge in [-0.2, -0.15) is 0 Å². The van der Waals surface area contributed by atoms with Crippen molar-refractivity contribution >= 4 is 11.9 Å². The Kier molecular flexibility index (Phi) is 6.13. The predicted octanol–water partition coefficient (Wildman–Crippen LogP) is 4.84. The molecule has 1 aromatic rings. The van der Waals surface area contributed by atoms with Crippen molar-refractivity contribution < 1.29 is 29.3 Å². The van der Waals surface area contributed by atoms with Crippen LogP contribution in [0.4, 0.5) is 0 Å². The van der Waals surface area contributed by atoms with E-state index in [1.165, 1.54) is 7.11 Å². The standard InChI is InChI=1S/C30H43NO6/c1-16(2)12-21(27(35)36-7)31-15-20-18(26(31)34)13-22(32)19-14-30(37-25(19)20)17(3)8-9-23-28(4,5)24(33)10-11-29(23,30)6/h13,16-17,21,23-24,32-33H,8-12,14-15H2,1-7H3/t17-,21?,23+,24-,29+,30-/m1/s1. The molecule has 6 atom stereocenters. The number of methoxy groups -OCH3 is 1. The van der Waals surface area contributed by atoms with Crippen LogP contribution in [0.2, 0.25) is 0 Å². The van der Waals surface area contributed by atoms with Crippen molar-refractivity contribution in [1.82, 2.24) is 4.90 Å². The van der Waals surface area contributed by atoms with E-state index in [9.17, 15) is 19.8 Å². The fraction of sp³-hybridized carbons (Fsp3) is 0.733. The van der Waals surface area contributed by atoms with E-state index in [2.05, 4.69) is 27.7 Å². The Bertz CT molecular complexity index is 1130. The van der Waals surface area contributed by atoms with Crippen LogP contribution in [0.5, 0.6) is 11.5 Å². The summed E-state index contributed by atoms with van der Waals surface area (Å²) in [5.74, 6) is 0.744. The van der Waals surface area contributed by atoms with Crippen LogP contribution in [0.1, 0.15) is 95.1 Å². The lowest BCUT2D eigenvalue weighted by Gasteiger charge is -2.64. The van der Waals surface area contributed by atoms with E-state index in [-0.39, 0.29) is 52.9 Å². The van der Waals surface area contributed by atoms with Gasteiger partial charge in [0.25, 0.3) is 5.91 Å². The number of nitrogens with zero attached hydrogens (tertiary/aromatic N) is 1. The Morgan fingerprint density at radius 2 is 1.92 bits per heavy atom. The SMILES string of the molecule is COC(=O)C(CC(C)C)N1Cc2c(cc(O)c3c2O[C@]2(C3)[C@H](C)CC[C@H]3C(C)(C)[C@H](O)CC[C@@]32C)C1=O. The van der Waals surface area contributed by atoms with Gasteiger partial charge in [0.15, 0.2) is 0 Å². The van der Waals surface area contributed by atoms with Gasteiger partial charge >= 0.3 is 5.97 Å². The maximum absolute atomic E-state index is 13.6. The Morgan fingerprint density at radius 1 is 1.22 bits per heavy atom. The predicted molar refractivity (Wildman–Crippen MR) is 139 cm³/mol. The fourth-order valence-corrected chi connectivity index (χ4v) is 8.48. The van der Waals surface area contributed by atoms with Gasteiger partial charge < -0.3 is 24.6 Å². The second-order valence-corrected chi connectivity index (χ2v) is 13.3. The summed E-state index contributed by atoms with van der Waals surface area (Å²) in [7, 11) is 1.35. The molecule has 1 unspecified atom stereocenters. The second kappa shape index (κ2) is 8.62. The highest BCUT2D eigenvalue weighted by Crippen LogP contribution is 2.67. The van der Waals surface area contributed by atoms with Crippen molar-refractivity contribution in [3.05, 3.63) is 22.8 Å². The molecular weight excluding hydrogens is 470 g/mol. The first-order valence-electron chi connectivity index (χ1n) is 13.9. The van der Waals surface area contributed by atoms with Crippen LogP contribution in [0.25, 0.3) is 0 Å². The van der Waals surface area contributed by atoms with Crippen molar-refractivity contribution in [2.45, 2.75) is 104 Å². The molecule has 5 rings (SSSR count). The molecule has 1 spiro atoms. The largest absolute Gasteiger partial charge is 0.508 e. The van der Waals surface area contributed by atoms with E-state index >= 15 is 0 Å². The number of esters is 1. The highest BCUT2D eigenvalue weighted by molar-refractivity contribution is 6.02. The molecular formula is C30H43NO6. The summed E-state index contributed by atoms with van der Waals surface area (Å²) in [5.41, 5.74) is 0.985. The maximum atomic E-state index is 13.6. The average Bonchev–Trinajstić information content (AvgIpc) is 3.39. The summed E-state index contributed by atoms with van der Waals surface area (Å²) >= 11 is 0. The van der Waals surface area contributed by atoms with Gasteiger partial charge in [-0.05, 0) is 61.3 Å². The molecule has 2 saturated carbocycles. The first-order valence-corrected chi connectivity index (χ1v) is 13.9. The zero-order valence-electron chi connectivity index (χ0n) is 23.4. The Balaban J connectivity index is 1.56. The number of aliphatic hydroxyl groups excluding tert-OH is 1. The van der Waals surface area contributed by atoms with Crippen LogP contribution < -0.4 is 4.74 Å². The zero-order valence-corrected chi connectivity index (χ0v) is 23.4.